The van der Waals surface area contributed by atoms with Crippen LogP contribution in [0.4, 0.5) is 0 Å². The molecule has 0 radical (unpaired) electrons. The first-order valence-electron chi connectivity index (χ1n) is 6.68. The van der Waals surface area contributed by atoms with Crippen LogP contribution in [-0.2, 0) is 14.4 Å². The van der Waals surface area contributed by atoms with Gasteiger partial charge in [0.05, 0.1) is 11.3 Å². The number of nitrogens with zero attached hydrogens (tertiary/aromatic N) is 1. The molecule has 2 aromatic rings. The third-order valence-corrected chi connectivity index (χ3v) is 4.25. The van der Waals surface area contributed by atoms with E-state index in [4.69, 9.17) is 9.39 Å². The molecule has 0 aliphatic carbocycles. The second-order valence-corrected chi connectivity index (χ2v) is 6.43. The van der Waals surface area contributed by atoms with Gasteiger partial charge in [0.1, 0.15) is 4.90 Å². The third-order valence-electron chi connectivity index (χ3n) is 3.13. The van der Waals surface area contributed by atoms with Crippen LogP contribution in [0.5, 0.6) is 0 Å². The molecule has 0 atom stereocenters. The number of benzene rings is 2. The van der Waals surface area contributed by atoms with E-state index in [9.17, 15) is 13.2 Å². The number of oxime groups is 1. The SMILES string of the molecule is C/C(=N/OS(=O)(=O)c1ccc(C)cc1)c1ccc(C(=O)O)cc1. The van der Waals surface area contributed by atoms with Crippen molar-refractivity contribution in [2.45, 2.75) is 18.7 Å². The molecule has 0 amide bonds. The minimum atomic E-state index is -3.98. The average Bonchev–Trinajstić information content (AvgIpc) is 2.53. The van der Waals surface area contributed by atoms with Crippen LogP contribution in [0.1, 0.15) is 28.4 Å². The zero-order chi connectivity index (χ0) is 17.0. The van der Waals surface area contributed by atoms with Gasteiger partial charge in [-0.05, 0) is 43.7 Å². The molecule has 0 unspecified atom stereocenters. The van der Waals surface area contributed by atoms with Crippen LogP contribution in [0.25, 0.3) is 0 Å². The summed E-state index contributed by atoms with van der Waals surface area (Å²) >= 11 is 0. The predicted molar refractivity (Wildman–Crippen MR) is 85.1 cm³/mol. The van der Waals surface area contributed by atoms with Gasteiger partial charge in [0.25, 0.3) is 0 Å². The van der Waals surface area contributed by atoms with Gasteiger partial charge in [-0.25, -0.2) is 4.79 Å². The number of aryl methyl sites for hydroxylation is 1. The van der Waals surface area contributed by atoms with Gasteiger partial charge < -0.3 is 5.11 Å². The van der Waals surface area contributed by atoms with Gasteiger partial charge in [-0.1, -0.05) is 35.0 Å². The normalized spacial score (nSPS) is 12.0. The van der Waals surface area contributed by atoms with Crippen LogP contribution in [0.3, 0.4) is 0 Å². The standard InChI is InChI=1S/C16H15NO5S/c1-11-3-9-15(10-4-11)23(20,21)22-17-12(2)13-5-7-14(8-6-13)16(18)19/h3-10H,1-2H3,(H,18,19)/b17-12-. The molecule has 0 heterocycles. The smallest absolute Gasteiger partial charge is 0.358 e. The van der Waals surface area contributed by atoms with Crippen LogP contribution >= 0.6 is 0 Å². The summed E-state index contributed by atoms with van der Waals surface area (Å²) in [5.41, 5.74) is 1.95. The largest absolute Gasteiger partial charge is 0.478 e. The Morgan fingerprint density at radius 3 is 2.04 bits per heavy atom. The molecule has 0 spiro atoms. The molecule has 0 fully saturated rings. The van der Waals surface area contributed by atoms with E-state index >= 15 is 0 Å². The zero-order valence-electron chi connectivity index (χ0n) is 12.6. The van der Waals surface area contributed by atoms with E-state index in [1.165, 1.54) is 36.4 Å². The van der Waals surface area contributed by atoms with E-state index in [1.807, 2.05) is 6.92 Å². The van der Waals surface area contributed by atoms with Crippen LogP contribution in [0.2, 0.25) is 0 Å². The van der Waals surface area contributed by atoms with Crippen molar-refractivity contribution in [3.05, 3.63) is 65.2 Å². The van der Waals surface area contributed by atoms with Gasteiger partial charge in [0, 0.05) is 0 Å². The predicted octanol–water partition coefficient (Wildman–Crippen LogP) is 2.82. The molecule has 0 aliphatic rings. The molecule has 6 nitrogen and oxygen atoms in total. The van der Waals surface area contributed by atoms with Crippen LogP contribution in [-0.4, -0.2) is 25.2 Å². The summed E-state index contributed by atoms with van der Waals surface area (Å²) in [6, 6.07) is 12.1. The first-order chi connectivity index (χ1) is 10.8. The number of aromatic carboxylic acids is 1. The van der Waals surface area contributed by atoms with Crippen molar-refractivity contribution in [2.75, 3.05) is 0 Å². The summed E-state index contributed by atoms with van der Waals surface area (Å²) in [7, 11) is -3.98. The van der Waals surface area contributed by atoms with Crippen molar-refractivity contribution >= 4 is 21.8 Å². The molecular weight excluding hydrogens is 318 g/mol. The average molecular weight is 333 g/mol. The molecule has 0 bridgehead atoms. The minimum absolute atomic E-state index is 0.0147. The Bertz CT molecular complexity index is 837. The van der Waals surface area contributed by atoms with Gasteiger partial charge in [-0.3, -0.25) is 4.28 Å². The Hall–Kier alpha value is -2.67. The maximum atomic E-state index is 12.0. The quantitative estimate of drug-likeness (QED) is 0.671. The number of rotatable bonds is 5. The Kier molecular flexibility index (Phi) is 4.80. The summed E-state index contributed by atoms with van der Waals surface area (Å²) in [6.07, 6.45) is 0. The molecule has 0 saturated heterocycles. The van der Waals surface area contributed by atoms with Gasteiger partial charge in [-0.2, -0.15) is 8.42 Å². The monoisotopic (exact) mass is 333 g/mol. The number of hydrogen-bond acceptors (Lipinski definition) is 5. The van der Waals surface area contributed by atoms with E-state index in [-0.39, 0.29) is 10.5 Å². The van der Waals surface area contributed by atoms with E-state index in [0.29, 0.717) is 11.3 Å². The lowest BCUT2D eigenvalue weighted by Gasteiger charge is -2.04. The molecule has 1 N–H and O–H groups in total. The highest BCUT2D eigenvalue weighted by atomic mass is 32.2. The summed E-state index contributed by atoms with van der Waals surface area (Å²) < 4.78 is 28.7. The van der Waals surface area contributed by atoms with Crippen molar-refractivity contribution in [3.8, 4) is 0 Å². The molecule has 23 heavy (non-hydrogen) atoms. The van der Waals surface area contributed by atoms with Crippen molar-refractivity contribution < 1.29 is 22.6 Å². The highest BCUT2D eigenvalue weighted by Crippen LogP contribution is 2.14. The maximum Gasteiger partial charge on any atom is 0.358 e. The number of carboxylic acid groups (broad SMARTS) is 1. The molecule has 2 aromatic carbocycles. The van der Waals surface area contributed by atoms with Crippen LogP contribution in [0, 0.1) is 6.92 Å². The third kappa shape index (κ3) is 4.17. The molecule has 0 aromatic heterocycles. The first kappa shape index (κ1) is 16.7. The molecule has 0 saturated carbocycles. The van der Waals surface area contributed by atoms with Crippen molar-refractivity contribution in [3.63, 3.8) is 0 Å². The topological polar surface area (TPSA) is 93.0 Å². The van der Waals surface area contributed by atoms with Gasteiger partial charge in [-0.15, -0.1) is 0 Å². The summed E-state index contributed by atoms with van der Waals surface area (Å²) in [6.45, 7) is 3.42. The highest BCUT2D eigenvalue weighted by molar-refractivity contribution is 7.86. The molecular formula is C16H15NO5S. The zero-order valence-corrected chi connectivity index (χ0v) is 13.4. The van der Waals surface area contributed by atoms with Crippen LogP contribution < -0.4 is 0 Å². The number of carboxylic acids is 1. The molecule has 120 valence electrons. The Morgan fingerprint density at radius 1 is 1.00 bits per heavy atom. The van der Waals surface area contributed by atoms with Crippen molar-refractivity contribution in [2.24, 2.45) is 5.16 Å². The van der Waals surface area contributed by atoms with Crippen molar-refractivity contribution in [1.82, 2.24) is 0 Å². The van der Waals surface area contributed by atoms with Crippen molar-refractivity contribution in [1.29, 1.82) is 0 Å². The second kappa shape index (κ2) is 6.62. The van der Waals surface area contributed by atoms with Gasteiger partial charge in [0.15, 0.2) is 0 Å². The minimum Gasteiger partial charge on any atom is -0.478 e. The fourth-order valence-corrected chi connectivity index (χ4v) is 2.53. The Labute approximate surface area is 134 Å². The fraction of sp³-hybridized carbons (Fsp3) is 0.125. The molecule has 7 heteroatoms. The lowest BCUT2D eigenvalue weighted by atomic mass is 10.1. The first-order valence-corrected chi connectivity index (χ1v) is 8.09. The fourth-order valence-electron chi connectivity index (χ4n) is 1.76. The summed E-state index contributed by atoms with van der Waals surface area (Å²) in [4.78, 5) is 10.8. The number of carbonyl (C=O) groups is 1. The lowest BCUT2D eigenvalue weighted by Crippen LogP contribution is -2.05. The Morgan fingerprint density at radius 2 is 1.52 bits per heavy atom. The molecule has 2 rings (SSSR count). The summed E-state index contributed by atoms with van der Waals surface area (Å²) in [5.74, 6) is -1.04. The lowest BCUT2D eigenvalue weighted by molar-refractivity contribution is 0.0697. The second-order valence-electron chi connectivity index (χ2n) is 4.90. The maximum absolute atomic E-state index is 12.0. The Balaban J connectivity index is 2.18. The summed E-state index contributed by atoms with van der Waals surface area (Å²) in [5, 5.41) is 12.5. The van der Waals surface area contributed by atoms with E-state index in [1.54, 1.807) is 19.1 Å². The van der Waals surface area contributed by atoms with Gasteiger partial charge in [0.2, 0.25) is 0 Å². The molecule has 0 aliphatic heterocycles. The van der Waals surface area contributed by atoms with Crippen LogP contribution in [0.15, 0.2) is 58.6 Å². The van der Waals surface area contributed by atoms with Gasteiger partial charge >= 0.3 is 16.1 Å². The van der Waals surface area contributed by atoms with E-state index in [0.717, 1.165) is 5.56 Å². The highest BCUT2D eigenvalue weighted by Gasteiger charge is 2.15. The van der Waals surface area contributed by atoms with E-state index < -0.39 is 16.1 Å². The number of hydrogen-bond donors (Lipinski definition) is 1. The van der Waals surface area contributed by atoms with E-state index in [2.05, 4.69) is 5.16 Å².